The van der Waals surface area contributed by atoms with Crippen molar-refractivity contribution in [1.29, 1.82) is 0 Å². The predicted octanol–water partition coefficient (Wildman–Crippen LogP) is 8.96. The molecule has 0 aliphatic heterocycles. The van der Waals surface area contributed by atoms with Crippen LogP contribution in [0, 0.1) is 11.3 Å². The first kappa shape index (κ1) is 28.9. The van der Waals surface area contributed by atoms with E-state index in [0.29, 0.717) is 0 Å². The van der Waals surface area contributed by atoms with Gasteiger partial charge < -0.3 is 9.47 Å². The van der Waals surface area contributed by atoms with E-state index in [4.69, 9.17) is 9.47 Å². The maximum Gasteiger partial charge on any atom is 0.0538 e. The van der Waals surface area contributed by atoms with E-state index in [1.807, 2.05) is 0 Å². The Morgan fingerprint density at radius 1 is 0.517 bits per heavy atom. The van der Waals surface area contributed by atoms with E-state index in [-0.39, 0.29) is 5.41 Å². The van der Waals surface area contributed by atoms with Gasteiger partial charge in [0.05, 0.1) is 13.2 Å². The van der Waals surface area contributed by atoms with E-state index in [9.17, 15) is 0 Å². The second kappa shape index (κ2) is 21.2. The summed E-state index contributed by atoms with van der Waals surface area (Å²) >= 11 is 0. The quantitative estimate of drug-likeness (QED) is 0.156. The van der Waals surface area contributed by atoms with Gasteiger partial charge in [0.15, 0.2) is 0 Å². The van der Waals surface area contributed by atoms with E-state index in [1.54, 1.807) is 14.2 Å². The highest BCUT2D eigenvalue weighted by molar-refractivity contribution is 4.73. The number of methoxy groups -OCH3 is 2. The fraction of sp³-hybridized carbons (Fsp3) is 1.00. The summed E-state index contributed by atoms with van der Waals surface area (Å²) in [6, 6.07) is 0. The lowest BCUT2D eigenvalue weighted by atomic mass is 9.86. The normalized spacial score (nSPS) is 12.2. The molecule has 0 aromatic heterocycles. The molecular formula is C27H56O2. The van der Waals surface area contributed by atoms with Crippen LogP contribution in [0.25, 0.3) is 0 Å². The van der Waals surface area contributed by atoms with Gasteiger partial charge in [0.2, 0.25) is 0 Å². The Morgan fingerprint density at radius 3 is 1.14 bits per heavy atom. The van der Waals surface area contributed by atoms with Gasteiger partial charge in [-0.2, -0.15) is 0 Å². The average Bonchev–Trinajstić information content (AvgIpc) is 2.67. The van der Waals surface area contributed by atoms with Gasteiger partial charge in [-0.25, -0.2) is 0 Å². The Labute approximate surface area is 184 Å². The molecule has 0 saturated carbocycles. The highest BCUT2D eigenvalue weighted by Crippen LogP contribution is 2.25. The SMILES string of the molecule is COCC(C)(CCCCCCCCCCCCCCCCCCC(C)C)COC. The molecule has 0 rings (SSSR count). The van der Waals surface area contributed by atoms with Crippen molar-refractivity contribution in [2.45, 2.75) is 136 Å². The van der Waals surface area contributed by atoms with Crippen LogP contribution in [0.3, 0.4) is 0 Å². The van der Waals surface area contributed by atoms with E-state index >= 15 is 0 Å². The van der Waals surface area contributed by atoms with Gasteiger partial charge in [-0.3, -0.25) is 0 Å². The summed E-state index contributed by atoms with van der Waals surface area (Å²) in [6.07, 6.45) is 25.6. The average molecular weight is 413 g/mol. The molecule has 0 spiro atoms. The third kappa shape index (κ3) is 21.0. The van der Waals surface area contributed by atoms with Gasteiger partial charge in [0.25, 0.3) is 0 Å². The first-order chi connectivity index (χ1) is 14.0. The topological polar surface area (TPSA) is 18.5 Å². The first-order valence-electron chi connectivity index (χ1n) is 13.0. The second-order valence-corrected chi connectivity index (χ2v) is 10.3. The van der Waals surface area contributed by atoms with Crippen molar-refractivity contribution >= 4 is 0 Å². The molecule has 0 aliphatic rings. The molecule has 29 heavy (non-hydrogen) atoms. The maximum atomic E-state index is 5.37. The van der Waals surface area contributed by atoms with Crippen LogP contribution in [0.5, 0.6) is 0 Å². The molecule has 0 unspecified atom stereocenters. The zero-order chi connectivity index (χ0) is 21.6. The van der Waals surface area contributed by atoms with Crippen LogP contribution in [0.1, 0.15) is 136 Å². The van der Waals surface area contributed by atoms with E-state index in [0.717, 1.165) is 19.1 Å². The molecule has 0 aromatic carbocycles. The van der Waals surface area contributed by atoms with Gasteiger partial charge in [-0.05, 0) is 12.3 Å². The molecule has 0 amide bonds. The third-order valence-corrected chi connectivity index (χ3v) is 6.30. The van der Waals surface area contributed by atoms with Crippen molar-refractivity contribution in [1.82, 2.24) is 0 Å². The molecule has 0 N–H and O–H groups in total. The zero-order valence-electron chi connectivity index (χ0n) is 21.0. The van der Waals surface area contributed by atoms with E-state index in [1.165, 1.54) is 116 Å². The summed E-state index contributed by atoms with van der Waals surface area (Å²) in [5.41, 5.74) is 0.192. The van der Waals surface area contributed by atoms with Gasteiger partial charge in [-0.15, -0.1) is 0 Å². The molecule has 0 saturated heterocycles. The summed E-state index contributed by atoms with van der Waals surface area (Å²) in [5.74, 6) is 0.888. The molecule has 2 heteroatoms. The summed E-state index contributed by atoms with van der Waals surface area (Å²) in [5, 5.41) is 0. The lowest BCUT2D eigenvalue weighted by Gasteiger charge is -2.27. The summed E-state index contributed by atoms with van der Waals surface area (Å²) in [6.45, 7) is 8.57. The zero-order valence-corrected chi connectivity index (χ0v) is 21.0. The Bertz CT molecular complexity index is 308. The lowest BCUT2D eigenvalue weighted by Crippen LogP contribution is -2.28. The highest BCUT2D eigenvalue weighted by atomic mass is 16.5. The van der Waals surface area contributed by atoms with Gasteiger partial charge in [-0.1, -0.05) is 130 Å². The molecule has 0 heterocycles. The van der Waals surface area contributed by atoms with Crippen LogP contribution in [0.4, 0.5) is 0 Å². The van der Waals surface area contributed by atoms with Crippen molar-refractivity contribution in [3.05, 3.63) is 0 Å². The molecule has 0 atom stereocenters. The number of unbranched alkanes of at least 4 members (excludes halogenated alkanes) is 15. The van der Waals surface area contributed by atoms with E-state index in [2.05, 4.69) is 20.8 Å². The molecule has 0 fully saturated rings. The summed E-state index contributed by atoms with van der Waals surface area (Å²) in [4.78, 5) is 0. The lowest BCUT2D eigenvalue weighted by molar-refractivity contribution is 0.0151. The number of ether oxygens (including phenoxy) is 2. The molecule has 176 valence electrons. The van der Waals surface area contributed by atoms with Crippen molar-refractivity contribution in [3.8, 4) is 0 Å². The largest absolute Gasteiger partial charge is 0.384 e. The number of rotatable bonds is 23. The Kier molecular flexibility index (Phi) is 21.1. The van der Waals surface area contributed by atoms with Gasteiger partial charge in [0, 0.05) is 19.6 Å². The number of hydrogen-bond acceptors (Lipinski definition) is 2. The van der Waals surface area contributed by atoms with Crippen molar-refractivity contribution in [3.63, 3.8) is 0 Å². The monoisotopic (exact) mass is 412 g/mol. The van der Waals surface area contributed by atoms with Crippen LogP contribution < -0.4 is 0 Å². The van der Waals surface area contributed by atoms with Crippen molar-refractivity contribution in [2.24, 2.45) is 11.3 Å². The van der Waals surface area contributed by atoms with Crippen molar-refractivity contribution in [2.75, 3.05) is 27.4 Å². The molecule has 0 aliphatic carbocycles. The highest BCUT2D eigenvalue weighted by Gasteiger charge is 2.23. The third-order valence-electron chi connectivity index (χ3n) is 6.30. The van der Waals surface area contributed by atoms with Crippen molar-refractivity contribution < 1.29 is 9.47 Å². The summed E-state index contributed by atoms with van der Waals surface area (Å²) in [7, 11) is 3.59. The van der Waals surface area contributed by atoms with E-state index < -0.39 is 0 Å². The minimum Gasteiger partial charge on any atom is -0.384 e. The van der Waals surface area contributed by atoms with Gasteiger partial charge in [0.1, 0.15) is 0 Å². The number of hydrogen-bond donors (Lipinski definition) is 0. The smallest absolute Gasteiger partial charge is 0.0538 e. The standard InChI is InChI=1S/C27H56O2/c1-26(2)22-20-18-16-14-12-10-8-6-7-9-11-13-15-17-19-21-23-27(3,24-28-4)25-29-5/h26H,6-25H2,1-5H3. The van der Waals surface area contributed by atoms with Crippen LogP contribution >= 0.6 is 0 Å². The summed E-state index contributed by atoms with van der Waals surface area (Å²) < 4.78 is 10.7. The van der Waals surface area contributed by atoms with Crippen LogP contribution in [-0.4, -0.2) is 27.4 Å². The fourth-order valence-electron chi connectivity index (χ4n) is 4.46. The molecule has 2 nitrogen and oxygen atoms in total. The Morgan fingerprint density at radius 2 is 0.828 bits per heavy atom. The maximum absolute atomic E-state index is 5.37. The Balaban J connectivity index is 3.24. The molecule has 0 radical (unpaired) electrons. The fourth-order valence-corrected chi connectivity index (χ4v) is 4.46. The minimum absolute atomic E-state index is 0.192. The Hall–Kier alpha value is -0.0800. The minimum atomic E-state index is 0.192. The predicted molar refractivity (Wildman–Crippen MR) is 130 cm³/mol. The van der Waals surface area contributed by atoms with Crippen LogP contribution in [0.2, 0.25) is 0 Å². The molecule has 0 bridgehead atoms. The van der Waals surface area contributed by atoms with Gasteiger partial charge >= 0.3 is 0 Å². The molecular weight excluding hydrogens is 356 g/mol. The van der Waals surface area contributed by atoms with Crippen LogP contribution in [0.15, 0.2) is 0 Å². The second-order valence-electron chi connectivity index (χ2n) is 10.3. The molecule has 0 aromatic rings. The first-order valence-corrected chi connectivity index (χ1v) is 13.0. The van der Waals surface area contributed by atoms with Crippen LogP contribution in [-0.2, 0) is 9.47 Å².